The van der Waals surface area contributed by atoms with E-state index >= 15 is 0 Å². The van der Waals surface area contributed by atoms with Crippen LogP contribution in [0.2, 0.25) is 10.0 Å². The Morgan fingerprint density at radius 3 is 2.28 bits per heavy atom. The molecular formula is C24H22Cl2N2O4. The van der Waals surface area contributed by atoms with E-state index in [0.29, 0.717) is 40.5 Å². The van der Waals surface area contributed by atoms with Crippen molar-refractivity contribution in [2.45, 2.75) is 13.5 Å². The van der Waals surface area contributed by atoms with Gasteiger partial charge in [0.1, 0.15) is 12.4 Å². The summed E-state index contributed by atoms with van der Waals surface area (Å²) in [6, 6.07) is 19.6. The van der Waals surface area contributed by atoms with Gasteiger partial charge < -0.3 is 14.2 Å². The summed E-state index contributed by atoms with van der Waals surface area (Å²) in [6.07, 6.45) is 1.52. The summed E-state index contributed by atoms with van der Waals surface area (Å²) in [4.78, 5) is 11.9. The van der Waals surface area contributed by atoms with E-state index in [1.54, 1.807) is 36.4 Å². The summed E-state index contributed by atoms with van der Waals surface area (Å²) >= 11 is 11.7. The van der Waals surface area contributed by atoms with Gasteiger partial charge in [-0.05, 0) is 72.6 Å². The molecule has 0 saturated carbocycles. The standard InChI is InChI=1S/C24H22Cl2N2O4/c1-2-30-23-13-18(5-12-22(23)32-15-17-3-6-19(25)7-4-17)14-27-28-24(29)16-31-21-10-8-20(26)9-11-21/h3-14H,2,15-16H2,1H3,(H,28,29)/b27-14+. The average molecular weight is 473 g/mol. The smallest absolute Gasteiger partial charge is 0.277 e. The minimum atomic E-state index is -0.385. The molecule has 0 saturated heterocycles. The first-order valence-corrected chi connectivity index (χ1v) is 10.6. The third-order valence-corrected chi connectivity index (χ3v) is 4.67. The zero-order valence-corrected chi connectivity index (χ0v) is 18.9. The molecule has 0 atom stereocenters. The molecule has 166 valence electrons. The zero-order chi connectivity index (χ0) is 22.8. The Morgan fingerprint density at radius 1 is 0.906 bits per heavy atom. The number of nitrogens with zero attached hydrogens (tertiary/aromatic N) is 1. The number of hydrazone groups is 1. The molecule has 0 aromatic heterocycles. The van der Waals surface area contributed by atoms with Crippen LogP contribution in [-0.2, 0) is 11.4 Å². The lowest BCUT2D eigenvalue weighted by Gasteiger charge is -2.12. The lowest BCUT2D eigenvalue weighted by molar-refractivity contribution is -0.123. The Balaban J connectivity index is 1.54. The van der Waals surface area contributed by atoms with Gasteiger partial charge in [0.15, 0.2) is 18.1 Å². The molecule has 0 heterocycles. The van der Waals surface area contributed by atoms with Crippen LogP contribution in [0.5, 0.6) is 17.2 Å². The van der Waals surface area contributed by atoms with Gasteiger partial charge >= 0.3 is 0 Å². The van der Waals surface area contributed by atoms with Crippen LogP contribution in [0.15, 0.2) is 71.8 Å². The molecule has 0 aliphatic carbocycles. The highest BCUT2D eigenvalue weighted by atomic mass is 35.5. The Bertz CT molecular complexity index is 1050. The Hall–Kier alpha value is -3.22. The summed E-state index contributed by atoms with van der Waals surface area (Å²) in [5.74, 6) is 1.36. The number of rotatable bonds is 10. The molecule has 32 heavy (non-hydrogen) atoms. The van der Waals surface area contributed by atoms with E-state index < -0.39 is 0 Å². The summed E-state index contributed by atoms with van der Waals surface area (Å²) < 4.78 is 16.9. The number of halogens is 2. The SMILES string of the molecule is CCOc1cc(/C=N/NC(=O)COc2ccc(Cl)cc2)ccc1OCc1ccc(Cl)cc1. The second-order valence-electron chi connectivity index (χ2n) is 6.59. The molecular weight excluding hydrogens is 451 g/mol. The number of amides is 1. The second kappa shape index (κ2) is 12.0. The summed E-state index contributed by atoms with van der Waals surface area (Å²) in [5.41, 5.74) is 4.16. The van der Waals surface area contributed by atoms with Gasteiger partial charge in [0.05, 0.1) is 12.8 Å². The van der Waals surface area contributed by atoms with Crippen LogP contribution >= 0.6 is 23.2 Å². The number of carbonyl (C=O) groups is 1. The fourth-order valence-corrected chi connectivity index (χ4v) is 2.88. The predicted molar refractivity (Wildman–Crippen MR) is 126 cm³/mol. The van der Waals surface area contributed by atoms with E-state index in [4.69, 9.17) is 37.4 Å². The molecule has 8 heteroatoms. The Kier molecular flexibility index (Phi) is 8.78. The van der Waals surface area contributed by atoms with Gasteiger partial charge in [-0.15, -0.1) is 0 Å². The van der Waals surface area contributed by atoms with Crippen LogP contribution in [0.4, 0.5) is 0 Å². The third kappa shape index (κ3) is 7.48. The summed E-state index contributed by atoms with van der Waals surface area (Å²) in [5, 5.41) is 5.24. The maximum Gasteiger partial charge on any atom is 0.277 e. The first kappa shape index (κ1) is 23.4. The molecule has 3 rings (SSSR count). The number of hydrogen-bond acceptors (Lipinski definition) is 5. The van der Waals surface area contributed by atoms with Crippen molar-refractivity contribution in [1.82, 2.24) is 5.43 Å². The van der Waals surface area contributed by atoms with Crippen molar-refractivity contribution in [2.75, 3.05) is 13.2 Å². The molecule has 0 radical (unpaired) electrons. The van der Waals surface area contributed by atoms with E-state index in [1.807, 2.05) is 37.3 Å². The molecule has 0 bridgehead atoms. The molecule has 3 aromatic carbocycles. The van der Waals surface area contributed by atoms with Gasteiger partial charge in [-0.25, -0.2) is 5.43 Å². The van der Waals surface area contributed by atoms with Crippen LogP contribution in [-0.4, -0.2) is 25.3 Å². The van der Waals surface area contributed by atoms with E-state index in [0.717, 1.165) is 11.1 Å². The van der Waals surface area contributed by atoms with Crippen LogP contribution in [0.3, 0.4) is 0 Å². The van der Waals surface area contributed by atoms with Crippen molar-refractivity contribution in [3.8, 4) is 17.2 Å². The highest BCUT2D eigenvalue weighted by Gasteiger charge is 2.07. The third-order valence-electron chi connectivity index (χ3n) is 4.16. The fourth-order valence-electron chi connectivity index (χ4n) is 2.63. The summed E-state index contributed by atoms with van der Waals surface area (Å²) in [7, 11) is 0. The van der Waals surface area contributed by atoms with Crippen LogP contribution in [0.25, 0.3) is 0 Å². The highest BCUT2D eigenvalue weighted by molar-refractivity contribution is 6.30. The zero-order valence-electron chi connectivity index (χ0n) is 17.4. The van der Waals surface area contributed by atoms with Crippen molar-refractivity contribution in [3.05, 3.63) is 87.9 Å². The number of ether oxygens (including phenoxy) is 3. The molecule has 0 fully saturated rings. The predicted octanol–water partition coefficient (Wildman–Crippen LogP) is 5.50. The molecule has 1 N–H and O–H groups in total. The molecule has 0 unspecified atom stereocenters. The van der Waals surface area contributed by atoms with Gasteiger partial charge in [0, 0.05) is 10.0 Å². The number of nitrogens with one attached hydrogen (secondary N) is 1. The Labute approximate surface area is 196 Å². The number of carbonyl (C=O) groups excluding carboxylic acids is 1. The van der Waals surface area contributed by atoms with Crippen molar-refractivity contribution < 1.29 is 19.0 Å². The first-order chi connectivity index (χ1) is 15.5. The van der Waals surface area contributed by atoms with Crippen LogP contribution < -0.4 is 19.6 Å². The van der Waals surface area contributed by atoms with Gasteiger partial charge in [-0.1, -0.05) is 35.3 Å². The lowest BCUT2D eigenvalue weighted by Crippen LogP contribution is -2.24. The first-order valence-electron chi connectivity index (χ1n) is 9.88. The Morgan fingerprint density at radius 2 is 1.59 bits per heavy atom. The van der Waals surface area contributed by atoms with Crippen LogP contribution in [0, 0.1) is 0 Å². The van der Waals surface area contributed by atoms with E-state index in [2.05, 4.69) is 10.5 Å². The van der Waals surface area contributed by atoms with Crippen molar-refractivity contribution >= 4 is 35.3 Å². The average Bonchev–Trinajstić information content (AvgIpc) is 2.79. The normalized spacial score (nSPS) is 10.7. The van der Waals surface area contributed by atoms with Gasteiger partial charge in [-0.3, -0.25) is 4.79 Å². The number of hydrogen-bond donors (Lipinski definition) is 1. The summed E-state index contributed by atoms with van der Waals surface area (Å²) in [6.45, 7) is 2.59. The minimum absolute atomic E-state index is 0.166. The van der Waals surface area contributed by atoms with Gasteiger partial charge in [0.2, 0.25) is 0 Å². The lowest BCUT2D eigenvalue weighted by atomic mass is 10.2. The second-order valence-corrected chi connectivity index (χ2v) is 7.46. The molecule has 0 spiro atoms. The van der Waals surface area contributed by atoms with Gasteiger partial charge in [-0.2, -0.15) is 5.10 Å². The molecule has 0 aliphatic rings. The van der Waals surface area contributed by atoms with Crippen molar-refractivity contribution in [1.29, 1.82) is 0 Å². The van der Waals surface area contributed by atoms with E-state index in [-0.39, 0.29) is 12.5 Å². The van der Waals surface area contributed by atoms with E-state index in [9.17, 15) is 4.79 Å². The maximum atomic E-state index is 11.9. The molecule has 3 aromatic rings. The van der Waals surface area contributed by atoms with Crippen LogP contribution in [0.1, 0.15) is 18.1 Å². The molecule has 1 amide bonds. The van der Waals surface area contributed by atoms with Crippen molar-refractivity contribution in [3.63, 3.8) is 0 Å². The van der Waals surface area contributed by atoms with E-state index in [1.165, 1.54) is 6.21 Å². The van der Waals surface area contributed by atoms with Crippen molar-refractivity contribution in [2.24, 2.45) is 5.10 Å². The largest absolute Gasteiger partial charge is 0.490 e. The number of benzene rings is 3. The minimum Gasteiger partial charge on any atom is -0.490 e. The van der Waals surface area contributed by atoms with Gasteiger partial charge in [0.25, 0.3) is 5.91 Å². The quantitative estimate of drug-likeness (QED) is 0.312. The monoisotopic (exact) mass is 472 g/mol. The topological polar surface area (TPSA) is 69.2 Å². The molecule has 0 aliphatic heterocycles. The maximum absolute atomic E-state index is 11.9. The highest BCUT2D eigenvalue weighted by Crippen LogP contribution is 2.29. The molecule has 6 nitrogen and oxygen atoms in total. The fraction of sp³-hybridized carbons (Fsp3) is 0.167.